The first-order valence-electron chi connectivity index (χ1n) is 8.82. The summed E-state index contributed by atoms with van der Waals surface area (Å²) in [7, 11) is 1.63. The highest BCUT2D eigenvalue weighted by Crippen LogP contribution is 2.37. The van der Waals surface area contributed by atoms with Gasteiger partial charge in [0.15, 0.2) is 11.5 Å². The average Bonchev–Trinajstić information content (AvgIpc) is 2.68. The van der Waals surface area contributed by atoms with Crippen molar-refractivity contribution in [3.63, 3.8) is 0 Å². The number of halogens is 2. The molecule has 5 heteroatoms. The first-order chi connectivity index (χ1) is 13.5. The normalized spacial score (nSPS) is 11.0. The fourth-order valence-electron chi connectivity index (χ4n) is 2.69. The minimum absolute atomic E-state index is 0.419. The molecule has 0 heterocycles. The zero-order chi connectivity index (χ0) is 20.1. The van der Waals surface area contributed by atoms with E-state index in [1.807, 2.05) is 42.6 Å². The third kappa shape index (κ3) is 5.15. The number of nitrogens with zero attached hydrogens (tertiary/aromatic N) is 1. The van der Waals surface area contributed by atoms with Crippen LogP contribution in [0.4, 0.5) is 5.69 Å². The molecule has 0 N–H and O–H groups in total. The summed E-state index contributed by atoms with van der Waals surface area (Å²) in [5, 5.41) is 0.704. The van der Waals surface area contributed by atoms with E-state index in [2.05, 4.69) is 53.0 Å². The first-order valence-corrected chi connectivity index (χ1v) is 9.99. The Morgan fingerprint density at radius 3 is 2.50 bits per heavy atom. The van der Waals surface area contributed by atoms with Crippen LogP contribution in [0.3, 0.4) is 0 Å². The molecule has 3 rings (SSSR count). The van der Waals surface area contributed by atoms with Gasteiger partial charge in [-0.25, -0.2) is 0 Å². The summed E-state index contributed by atoms with van der Waals surface area (Å²) >= 11 is 9.52. The summed E-state index contributed by atoms with van der Waals surface area (Å²) in [6, 6.07) is 17.7. The molecular weight excluding hydrogens is 438 g/mol. The predicted octanol–water partition coefficient (Wildman–Crippen LogP) is 7.06. The van der Waals surface area contributed by atoms with Crippen molar-refractivity contribution in [2.75, 3.05) is 7.11 Å². The Hall–Kier alpha value is -2.30. The number of aryl methyl sites for hydroxylation is 2. The molecule has 3 nitrogen and oxygen atoms in total. The van der Waals surface area contributed by atoms with Crippen LogP contribution in [0.25, 0.3) is 0 Å². The van der Waals surface area contributed by atoms with Crippen LogP contribution in [0, 0.1) is 13.8 Å². The molecule has 0 fully saturated rings. The van der Waals surface area contributed by atoms with Crippen LogP contribution in [0.5, 0.6) is 11.5 Å². The Labute approximate surface area is 179 Å². The minimum Gasteiger partial charge on any atom is -0.493 e. The highest BCUT2D eigenvalue weighted by atomic mass is 79.9. The van der Waals surface area contributed by atoms with Gasteiger partial charge >= 0.3 is 0 Å². The van der Waals surface area contributed by atoms with Gasteiger partial charge in [0.25, 0.3) is 0 Å². The van der Waals surface area contributed by atoms with Gasteiger partial charge < -0.3 is 9.47 Å². The molecule has 3 aromatic carbocycles. The average molecular weight is 459 g/mol. The van der Waals surface area contributed by atoms with Crippen LogP contribution in [-0.2, 0) is 6.61 Å². The maximum Gasteiger partial charge on any atom is 0.175 e. The van der Waals surface area contributed by atoms with Gasteiger partial charge in [-0.05, 0) is 82.4 Å². The van der Waals surface area contributed by atoms with E-state index in [4.69, 9.17) is 21.1 Å². The van der Waals surface area contributed by atoms with E-state index in [-0.39, 0.29) is 0 Å². The second kappa shape index (κ2) is 9.26. The molecule has 28 heavy (non-hydrogen) atoms. The Morgan fingerprint density at radius 1 is 1.04 bits per heavy atom. The molecule has 0 aliphatic heterocycles. The van der Waals surface area contributed by atoms with Crippen LogP contribution >= 0.6 is 27.5 Å². The van der Waals surface area contributed by atoms with Crippen LogP contribution < -0.4 is 9.47 Å². The lowest BCUT2D eigenvalue weighted by molar-refractivity contribution is 0.282. The molecule has 0 aliphatic rings. The number of ether oxygens (including phenoxy) is 2. The Bertz CT molecular complexity index is 1000. The van der Waals surface area contributed by atoms with Crippen LogP contribution in [-0.4, -0.2) is 13.3 Å². The van der Waals surface area contributed by atoms with Gasteiger partial charge in [-0.15, -0.1) is 0 Å². The van der Waals surface area contributed by atoms with Crippen LogP contribution in [0.2, 0.25) is 5.02 Å². The summed E-state index contributed by atoms with van der Waals surface area (Å²) in [6.07, 6.45) is 1.83. The minimum atomic E-state index is 0.419. The molecule has 0 aliphatic carbocycles. The summed E-state index contributed by atoms with van der Waals surface area (Å²) in [5.41, 5.74) is 5.22. The maximum absolute atomic E-state index is 5.98. The van der Waals surface area contributed by atoms with Gasteiger partial charge in [-0.1, -0.05) is 35.9 Å². The van der Waals surface area contributed by atoms with Crippen molar-refractivity contribution in [2.45, 2.75) is 20.5 Å². The van der Waals surface area contributed by atoms with Crippen molar-refractivity contribution in [1.29, 1.82) is 0 Å². The summed E-state index contributed by atoms with van der Waals surface area (Å²) in [4.78, 5) is 4.63. The van der Waals surface area contributed by atoms with E-state index in [9.17, 15) is 0 Å². The largest absolute Gasteiger partial charge is 0.493 e. The van der Waals surface area contributed by atoms with Crippen molar-refractivity contribution >= 4 is 39.4 Å². The van der Waals surface area contributed by atoms with Crippen molar-refractivity contribution in [2.24, 2.45) is 4.99 Å². The zero-order valence-electron chi connectivity index (χ0n) is 16.0. The molecule has 0 atom stereocenters. The van der Waals surface area contributed by atoms with E-state index in [1.54, 1.807) is 7.11 Å². The van der Waals surface area contributed by atoms with Crippen molar-refractivity contribution in [3.8, 4) is 11.5 Å². The molecule has 144 valence electrons. The number of benzene rings is 3. The number of methoxy groups -OCH3 is 1. The molecule has 0 saturated carbocycles. The molecule has 0 bridgehead atoms. The summed E-state index contributed by atoms with van der Waals surface area (Å²) < 4.78 is 12.3. The van der Waals surface area contributed by atoms with E-state index >= 15 is 0 Å². The molecule has 0 saturated heterocycles. The van der Waals surface area contributed by atoms with Gasteiger partial charge in [0, 0.05) is 11.2 Å². The number of rotatable bonds is 6. The van der Waals surface area contributed by atoms with Crippen LogP contribution in [0.1, 0.15) is 22.3 Å². The topological polar surface area (TPSA) is 30.8 Å². The van der Waals surface area contributed by atoms with Gasteiger partial charge in [0.05, 0.1) is 17.3 Å². The van der Waals surface area contributed by atoms with Crippen molar-refractivity contribution in [3.05, 3.63) is 86.3 Å². The fraction of sp³-hybridized carbons (Fsp3) is 0.174. The fourth-order valence-corrected chi connectivity index (χ4v) is 3.39. The van der Waals surface area contributed by atoms with Gasteiger partial charge in [0.1, 0.15) is 6.61 Å². The zero-order valence-corrected chi connectivity index (χ0v) is 18.3. The lowest BCUT2D eigenvalue weighted by atomic mass is 10.1. The van der Waals surface area contributed by atoms with E-state index in [0.717, 1.165) is 26.9 Å². The molecule has 0 spiro atoms. The quantitative estimate of drug-likeness (QED) is 0.370. The predicted molar refractivity (Wildman–Crippen MR) is 120 cm³/mol. The monoisotopic (exact) mass is 457 g/mol. The van der Waals surface area contributed by atoms with Crippen LogP contribution in [0.15, 0.2) is 64.1 Å². The smallest absolute Gasteiger partial charge is 0.175 e. The number of hydrogen-bond acceptors (Lipinski definition) is 3. The lowest BCUT2D eigenvalue weighted by Gasteiger charge is -2.13. The molecule has 0 amide bonds. The molecule has 0 radical (unpaired) electrons. The van der Waals surface area contributed by atoms with Gasteiger partial charge in [-0.3, -0.25) is 4.99 Å². The molecule has 0 aromatic heterocycles. The summed E-state index contributed by atoms with van der Waals surface area (Å²) in [6.45, 7) is 4.53. The third-order valence-corrected chi connectivity index (χ3v) is 5.11. The highest BCUT2D eigenvalue weighted by Gasteiger charge is 2.12. The Morgan fingerprint density at radius 2 is 1.79 bits per heavy atom. The van der Waals surface area contributed by atoms with Gasteiger partial charge in [0.2, 0.25) is 0 Å². The molecule has 3 aromatic rings. The van der Waals surface area contributed by atoms with Crippen molar-refractivity contribution in [1.82, 2.24) is 0 Å². The van der Waals surface area contributed by atoms with Gasteiger partial charge in [-0.2, -0.15) is 0 Å². The Kier molecular flexibility index (Phi) is 6.76. The van der Waals surface area contributed by atoms with E-state index < -0.39 is 0 Å². The second-order valence-electron chi connectivity index (χ2n) is 6.50. The van der Waals surface area contributed by atoms with Crippen molar-refractivity contribution < 1.29 is 9.47 Å². The first kappa shape index (κ1) is 20.4. The third-order valence-electron chi connectivity index (χ3n) is 4.27. The lowest BCUT2D eigenvalue weighted by Crippen LogP contribution is -1.99. The molecular formula is C23H21BrClNO2. The molecule has 0 unspecified atom stereocenters. The highest BCUT2D eigenvalue weighted by molar-refractivity contribution is 9.10. The standard InChI is InChI=1S/C23H21BrClNO2/c1-15-4-5-16(2)21(10-15)26-13-18-11-20(24)23(22(12-18)27-3)28-14-17-6-8-19(25)9-7-17/h4-13H,14H2,1-3H3. The summed E-state index contributed by atoms with van der Waals surface area (Å²) in [5.74, 6) is 1.30. The maximum atomic E-state index is 5.98. The van der Waals surface area contributed by atoms with E-state index in [0.29, 0.717) is 23.1 Å². The Balaban J connectivity index is 1.81. The second-order valence-corrected chi connectivity index (χ2v) is 7.79. The number of aliphatic imine (C=N–C) groups is 1. The SMILES string of the molecule is COc1cc(C=Nc2cc(C)ccc2C)cc(Br)c1OCc1ccc(Cl)cc1. The number of hydrogen-bond donors (Lipinski definition) is 0. The van der Waals surface area contributed by atoms with E-state index in [1.165, 1.54) is 5.56 Å².